The lowest BCUT2D eigenvalue weighted by Gasteiger charge is -2.05. The topological polar surface area (TPSA) is 78.9 Å². The number of hydrogen-bond donors (Lipinski definition) is 2. The normalized spacial score (nSPS) is 10.1. The molecule has 3 N–H and O–H groups in total. The van der Waals surface area contributed by atoms with Crippen LogP contribution in [-0.2, 0) is 13.0 Å². The number of ketones is 1. The molecule has 0 atom stereocenters. The van der Waals surface area contributed by atoms with E-state index in [0.717, 1.165) is 12.0 Å². The van der Waals surface area contributed by atoms with Gasteiger partial charge in [0.25, 0.3) is 0 Å². The third kappa shape index (κ3) is 3.23. The Hall–Kier alpha value is -2.32. The van der Waals surface area contributed by atoms with Crippen molar-refractivity contribution >= 4 is 27.8 Å². The van der Waals surface area contributed by atoms with Crippen LogP contribution in [0.15, 0.2) is 24.3 Å². The highest BCUT2D eigenvalue weighted by Gasteiger charge is 2.18. The molecule has 4 nitrogen and oxygen atoms in total. The van der Waals surface area contributed by atoms with Gasteiger partial charge in [-0.2, -0.15) is 5.26 Å². The lowest BCUT2D eigenvalue weighted by molar-refractivity contribution is 0.102. The van der Waals surface area contributed by atoms with Gasteiger partial charge in [-0.05, 0) is 17.5 Å². The monoisotopic (exact) mass is 299 g/mol. The van der Waals surface area contributed by atoms with Crippen molar-refractivity contribution in [2.45, 2.75) is 26.8 Å². The molecular weight excluding hydrogens is 282 g/mol. The lowest BCUT2D eigenvalue weighted by atomic mass is 10.1. The van der Waals surface area contributed by atoms with Crippen LogP contribution in [0.3, 0.4) is 0 Å². The Balaban J connectivity index is 2.17. The molecule has 2 aromatic rings. The van der Waals surface area contributed by atoms with Gasteiger partial charge in [-0.1, -0.05) is 31.2 Å². The van der Waals surface area contributed by atoms with Gasteiger partial charge in [0.1, 0.15) is 16.6 Å². The van der Waals surface area contributed by atoms with E-state index in [-0.39, 0.29) is 11.5 Å². The first-order chi connectivity index (χ1) is 10.1. The lowest BCUT2D eigenvalue weighted by Crippen LogP contribution is -2.00. The zero-order valence-electron chi connectivity index (χ0n) is 12.1. The Labute approximate surface area is 128 Å². The second-order valence-electron chi connectivity index (χ2n) is 4.74. The van der Waals surface area contributed by atoms with Gasteiger partial charge in [0.05, 0.1) is 10.6 Å². The number of carbonyl (C=O) groups is 1. The number of rotatable bonds is 5. The molecule has 0 aliphatic rings. The van der Waals surface area contributed by atoms with Crippen LogP contribution in [0.2, 0.25) is 0 Å². The van der Waals surface area contributed by atoms with Crippen LogP contribution in [0, 0.1) is 11.3 Å². The van der Waals surface area contributed by atoms with Crippen molar-refractivity contribution in [1.29, 1.82) is 5.26 Å². The van der Waals surface area contributed by atoms with Crippen LogP contribution < -0.4 is 11.1 Å². The van der Waals surface area contributed by atoms with Gasteiger partial charge >= 0.3 is 0 Å². The molecule has 0 bridgehead atoms. The first-order valence-corrected chi connectivity index (χ1v) is 7.53. The molecule has 5 heteroatoms. The number of benzene rings is 1. The maximum Gasteiger partial charge on any atom is 0.171 e. The molecule has 0 aliphatic heterocycles. The van der Waals surface area contributed by atoms with Crippen molar-refractivity contribution < 1.29 is 4.79 Å². The molecule has 0 saturated heterocycles. The zero-order chi connectivity index (χ0) is 15.4. The number of carbonyl (C=O) groups excluding carboxylic acids is 1. The Bertz CT molecular complexity index is 696. The summed E-state index contributed by atoms with van der Waals surface area (Å²) in [6.45, 7) is 4.16. The number of nitrogens with zero attached hydrogens (tertiary/aromatic N) is 1. The van der Waals surface area contributed by atoms with Crippen LogP contribution in [-0.4, -0.2) is 5.78 Å². The molecule has 0 fully saturated rings. The van der Waals surface area contributed by atoms with Crippen LogP contribution in [0.4, 0.5) is 10.7 Å². The highest BCUT2D eigenvalue weighted by atomic mass is 32.1. The average molecular weight is 299 g/mol. The summed E-state index contributed by atoms with van der Waals surface area (Å²) in [7, 11) is 0. The van der Waals surface area contributed by atoms with E-state index in [2.05, 4.69) is 42.6 Å². The first kappa shape index (κ1) is 15.1. The van der Waals surface area contributed by atoms with Gasteiger partial charge in [-0.15, -0.1) is 11.3 Å². The highest BCUT2D eigenvalue weighted by Crippen LogP contribution is 2.35. The predicted octanol–water partition coefficient (Wildman–Crippen LogP) is 3.58. The number of thiophene rings is 1. The molecule has 108 valence electrons. The van der Waals surface area contributed by atoms with Crippen LogP contribution >= 0.6 is 11.3 Å². The summed E-state index contributed by atoms with van der Waals surface area (Å²) in [5, 5.41) is 13.0. The van der Waals surface area contributed by atoms with E-state index in [4.69, 9.17) is 5.73 Å². The van der Waals surface area contributed by atoms with Crippen molar-refractivity contribution in [3.63, 3.8) is 0 Å². The van der Waals surface area contributed by atoms with E-state index in [0.29, 0.717) is 22.0 Å². The molecular formula is C16H17N3OS. The van der Waals surface area contributed by atoms with Crippen molar-refractivity contribution in [3.8, 4) is 6.07 Å². The smallest absolute Gasteiger partial charge is 0.171 e. The molecule has 21 heavy (non-hydrogen) atoms. The fourth-order valence-electron chi connectivity index (χ4n) is 2.02. The Morgan fingerprint density at radius 1 is 1.33 bits per heavy atom. The van der Waals surface area contributed by atoms with Gasteiger partial charge in [-0.3, -0.25) is 4.79 Å². The molecule has 0 spiro atoms. The van der Waals surface area contributed by atoms with Crippen molar-refractivity contribution in [1.82, 2.24) is 0 Å². The minimum atomic E-state index is -0.116. The van der Waals surface area contributed by atoms with Crippen molar-refractivity contribution in [2.24, 2.45) is 0 Å². The number of hydrogen-bond acceptors (Lipinski definition) is 5. The summed E-state index contributed by atoms with van der Waals surface area (Å²) in [6, 6.07) is 10.4. The molecule has 2 rings (SSSR count). The van der Waals surface area contributed by atoms with E-state index < -0.39 is 0 Å². The van der Waals surface area contributed by atoms with Gasteiger partial charge in [-0.25, -0.2) is 0 Å². The highest BCUT2D eigenvalue weighted by molar-refractivity contribution is 7.18. The summed E-state index contributed by atoms with van der Waals surface area (Å²) in [4.78, 5) is 11.9. The summed E-state index contributed by atoms with van der Waals surface area (Å²) in [5.74, 6) is -0.116. The second-order valence-corrected chi connectivity index (χ2v) is 5.76. The minimum absolute atomic E-state index is 0.116. The summed E-state index contributed by atoms with van der Waals surface area (Å²) in [5.41, 5.74) is 8.89. The van der Waals surface area contributed by atoms with Gasteiger partial charge in [0, 0.05) is 13.5 Å². The zero-order valence-corrected chi connectivity index (χ0v) is 12.9. The molecule has 0 amide bonds. The molecule has 1 aromatic carbocycles. The molecule has 0 radical (unpaired) electrons. The maximum atomic E-state index is 11.5. The number of nitrogens with one attached hydrogen (secondary N) is 1. The number of nitrogens with two attached hydrogens (primary N) is 1. The Morgan fingerprint density at radius 3 is 2.48 bits per heavy atom. The fourth-order valence-corrected chi connectivity index (χ4v) is 2.98. The maximum absolute atomic E-state index is 11.5. The van der Waals surface area contributed by atoms with E-state index in [1.54, 1.807) is 0 Å². The van der Waals surface area contributed by atoms with E-state index in [9.17, 15) is 10.1 Å². The van der Waals surface area contributed by atoms with Gasteiger partial charge < -0.3 is 11.1 Å². The fraction of sp³-hybridized carbons (Fsp3) is 0.250. The molecule has 1 heterocycles. The van der Waals surface area contributed by atoms with Gasteiger partial charge in [0.2, 0.25) is 0 Å². The summed E-state index contributed by atoms with van der Waals surface area (Å²) in [6.07, 6.45) is 1.01. The minimum Gasteiger partial charge on any atom is -0.396 e. The number of Topliss-reactive ketones (excluding diaryl/α,β-unsaturated/α-hetero) is 1. The number of anilines is 2. The number of nitriles is 1. The summed E-state index contributed by atoms with van der Waals surface area (Å²) >= 11 is 1.24. The van der Waals surface area contributed by atoms with Crippen LogP contribution in [0.5, 0.6) is 0 Å². The third-order valence-corrected chi connectivity index (χ3v) is 4.53. The quantitative estimate of drug-likeness (QED) is 0.827. The molecule has 1 aromatic heterocycles. The SMILES string of the molecule is CCc1ccc(CNc2sc(C(C)=O)c(N)c2C#N)cc1. The second kappa shape index (κ2) is 6.42. The van der Waals surface area contributed by atoms with E-state index in [1.165, 1.54) is 23.8 Å². The number of nitrogen functional groups attached to an aromatic ring is 1. The van der Waals surface area contributed by atoms with Gasteiger partial charge in [0.15, 0.2) is 5.78 Å². The first-order valence-electron chi connectivity index (χ1n) is 6.71. The Morgan fingerprint density at radius 2 is 1.95 bits per heavy atom. The van der Waals surface area contributed by atoms with Crippen LogP contribution in [0.25, 0.3) is 0 Å². The molecule has 0 aliphatic carbocycles. The van der Waals surface area contributed by atoms with Crippen molar-refractivity contribution in [3.05, 3.63) is 45.8 Å². The van der Waals surface area contributed by atoms with Crippen molar-refractivity contribution in [2.75, 3.05) is 11.1 Å². The van der Waals surface area contributed by atoms with E-state index in [1.807, 2.05) is 0 Å². The Kier molecular flexibility index (Phi) is 4.61. The largest absolute Gasteiger partial charge is 0.396 e. The number of aryl methyl sites for hydroxylation is 1. The molecule has 0 saturated carbocycles. The van der Waals surface area contributed by atoms with E-state index >= 15 is 0 Å². The average Bonchev–Trinajstić information content (AvgIpc) is 2.81. The van der Waals surface area contributed by atoms with Crippen LogP contribution in [0.1, 0.15) is 40.2 Å². The predicted molar refractivity (Wildman–Crippen MR) is 86.6 cm³/mol. The standard InChI is InChI=1S/C16H17N3OS/c1-3-11-4-6-12(7-5-11)9-19-16-13(8-17)14(18)15(21-16)10(2)20/h4-7,19H,3,9,18H2,1-2H3. The third-order valence-electron chi connectivity index (χ3n) is 3.26. The summed E-state index contributed by atoms with van der Waals surface area (Å²) < 4.78 is 0. The molecule has 0 unspecified atom stereocenters.